The molecule has 1 aromatic heterocycles. The molecule has 0 fully saturated rings. The van der Waals surface area contributed by atoms with Crippen LogP contribution >= 0.6 is 11.8 Å². The van der Waals surface area contributed by atoms with Gasteiger partial charge in [-0.1, -0.05) is 36.0 Å². The summed E-state index contributed by atoms with van der Waals surface area (Å²) in [4.78, 5) is 14.1. The van der Waals surface area contributed by atoms with Gasteiger partial charge in [-0.05, 0) is 36.8 Å². The molecular formula is C20H21FN4O2S. The molecule has 0 aliphatic heterocycles. The van der Waals surface area contributed by atoms with E-state index in [0.29, 0.717) is 17.3 Å². The van der Waals surface area contributed by atoms with Crippen LogP contribution in [0, 0.1) is 12.7 Å². The van der Waals surface area contributed by atoms with E-state index < -0.39 is 5.82 Å². The zero-order valence-corrected chi connectivity index (χ0v) is 16.7. The first-order chi connectivity index (χ1) is 13.5. The van der Waals surface area contributed by atoms with E-state index in [-0.39, 0.29) is 17.4 Å². The Morgan fingerprint density at radius 1 is 1.21 bits per heavy atom. The van der Waals surface area contributed by atoms with E-state index >= 15 is 0 Å². The van der Waals surface area contributed by atoms with Gasteiger partial charge in [-0.2, -0.15) is 0 Å². The molecule has 6 nitrogen and oxygen atoms in total. The predicted molar refractivity (Wildman–Crippen MR) is 106 cm³/mol. The number of methoxy groups -OCH3 is 1. The standard InChI is InChI=1S/C20H21FN4O2S/c1-14-22-23-20(25(14)16-7-5-4-6-8-16)28-13-19(26)24(2)12-15-9-10-18(27-3)17(21)11-15/h4-11H,12-13H2,1-3H3. The number of ether oxygens (including phenoxy) is 1. The van der Waals surface area contributed by atoms with Crippen LogP contribution in [0.5, 0.6) is 5.75 Å². The number of carbonyl (C=O) groups excluding carboxylic acids is 1. The summed E-state index contributed by atoms with van der Waals surface area (Å²) >= 11 is 1.32. The van der Waals surface area contributed by atoms with Gasteiger partial charge in [-0.3, -0.25) is 9.36 Å². The lowest BCUT2D eigenvalue weighted by atomic mass is 10.2. The first-order valence-electron chi connectivity index (χ1n) is 8.66. The predicted octanol–water partition coefficient (Wildman–Crippen LogP) is 3.47. The average Bonchev–Trinajstić information content (AvgIpc) is 3.07. The second-order valence-corrected chi connectivity index (χ2v) is 7.15. The topological polar surface area (TPSA) is 60.2 Å². The number of aromatic nitrogens is 3. The van der Waals surface area contributed by atoms with Crippen molar-refractivity contribution in [3.8, 4) is 11.4 Å². The van der Waals surface area contributed by atoms with Crippen LogP contribution in [0.15, 0.2) is 53.7 Å². The molecule has 2 aromatic carbocycles. The largest absolute Gasteiger partial charge is 0.494 e. The van der Waals surface area contributed by atoms with Crippen molar-refractivity contribution in [1.29, 1.82) is 0 Å². The minimum Gasteiger partial charge on any atom is -0.494 e. The van der Waals surface area contributed by atoms with Crippen molar-refractivity contribution >= 4 is 17.7 Å². The first kappa shape index (κ1) is 19.9. The first-order valence-corrected chi connectivity index (χ1v) is 9.64. The molecule has 0 radical (unpaired) electrons. The van der Waals surface area contributed by atoms with Gasteiger partial charge in [0.25, 0.3) is 0 Å². The molecular weight excluding hydrogens is 379 g/mol. The van der Waals surface area contributed by atoms with Gasteiger partial charge in [-0.25, -0.2) is 4.39 Å². The van der Waals surface area contributed by atoms with E-state index in [1.807, 2.05) is 41.8 Å². The molecule has 0 N–H and O–H groups in total. The van der Waals surface area contributed by atoms with Gasteiger partial charge >= 0.3 is 0 Å². The summed E-state index contributed by atoms with van der Waals surface area (Å²) in [6, 6.07) is 14.4. The van der Waals surface area contributed by atoms with E-state index in [4.69, 9.17) is 4.74 Å². The number of para-hydroxylation sites is 1. The van der Waals surface area contributed by atoms with Crippen LogP contribution in [0.3, 0.4) is 0 Å². The Balaban J connectivity index is 1.64. The number of halogens is 1. The van der Waals surface area contributed by atoms with Crippen molar-refractivity contribution in [2.45, 2.75) is 18.6 Å². The molecule has 8 heteroatoms. The van der Waals surface area contributed by atoms with Gasteiger partial charge in [-0.15, -0.1) is 10.2 Å². The smallest absolute Gasteiger partial charge is 0.233 e. The molecule has 1 heterocycles. The van der Waals surface area contributed by atoms with Crippen molar-refractivity contribution in [1.82, 2.24) is 19.7 Å². The molecule has 0 aliphatic rings. The minimum atomic E-state index is -0.443. The maximum atomic E-state index is 13.8. The van der Waals surface area contributed by atoms with E-state index in [1.165, 1.54) is 24.9 Å². The van der Waals surface area contributed by atoms with Gasteiger partial charge in [0.1, 0.15) is 5.82 Å². The number of aryl methyl sites for hydroxylation is 1. The molecule has 0 bridgehead atoms. The third-order valence-electron chi connectivity index (χ3n) is 4.20. The fourth-order valence-electron chi connectivity index (χ4n) is 2.72. The Morgan fingerprint density at radius 2 is 1.96 bits per heavy atom. The fraction of sp³-hybridized carbons (Fsp3) is 0.250. The summed E-state index contributed by atoms with van der Waals surface area (Å²) in [5.74, 6) is 0.621. The number of hydrogen-bond donors (Lipinski definition) is 0. The van der Waals surface area contributed by atoms with Crippen LogP contribution in [0.25, 0.3) is 5.69 Å². The van der Waals surface area contributed by atoms with Crippen molar-refractivity contribution in [3.05, 3.63) is 65.7 Å². The minimum absolute atomic E-state index is 0.0820. The summed E-state index contributed by atoms with van der Waals surface area (Å²) in [6.45, 7) is 2.18. The molecule has 3 aromatic rings. The van der Waals surface area contributed by atoms with Gasteiger partial charge in [0, 0.05) is 19.3 Å². The monoisotopic (exact) mass is 400 g/mol. The van der Waals surface area contributed by atoms with Crippen molar-refractivity contribution in [2.75, 3.05) is 19.9 Å². The highest BCUT2D eigenvalue weighted by Gasteiger charge is 2.16. The van der Waals surface area contributed by atoms with Crippen LogP contribution in [0.1, 0.15) is 11.4 Å². The normalized spacial score (nSPS) is 10.7. The third kappa shape index (κ3) is 4.51. The quantitative estimate of drug-likeness (QED) is 0.569. The van der Waals surface area contributed by atoms with Crippen molar-refractivity contribution in [2.24, 2.45) is 0 Å². The number of benzene rings is 2. The Bertz CT molecular complexity index is 962. The van der Waals surface area contributed by atoms with Crippen LogP contribution in [-0.4, -0.2) is 45.5 Å². The van der Waals surface area contributed by atoms with Gasteiger partial charge in [0.05, 0.1) is 12.9 Å². The molecule has 0 spiro atoms. The summed E-state index contributed by atoms with van der Waals surface area (Å²) < 4.78 is 20.7. The number of rotatable bonds is 7. The molecule has 3 rings (SSSR count). The number of nitrogens with zero attached hydrogens (tertiary/aromatic N) is 4. The highest BCUT2D eigenvalue weighted by atomic mass is 32.2. The van der Waals surface area contributed by atoms with Crippen LogP contribution in [-0.2, 0) is 11.3 Å². The average molecular weight is 400 g/mol. The van der Waals surface area contributed by atoms with E-state index in [0.717, 1.165) is 11.5 Å². The molecule has 1 amide bonds. The maximum absolute atomic E-state index is 13.8. The molecule has 0 atom stereocenters. The third-order valence-corrected chi connectivity index (χ3v) is 5.11. The Morgan fingerprint density at radius 3 is 2.64 bits per heavy atom. The van der Waals surface area contributed by atoms with E-state index in [1.54, 1.807) is 24.1 Å². The zero-order valence-electron chi connectivity index (χ0n) is 15.9. The van der Waals surface area contributed by atoms with Crippen LogP contribution in [0.2, 0.25) is 0 Å². The number of amides is 1. The molecule has 0 unspecified atom stereocenters. The van der Waals surface area contributed by atoms with E-state index in [2.05, 4.69) is 10.2 Å². The molecule has 0 aliphatic carbocycles. The summed E-state index contributed by atoms with van der Waals surface area (Å²) in [7, 11) is 3.11. The SMILES string of the molecule is COc1ccc(CN(C)C(=O)CSc2nnc(C)n2-c2ccccc2)cc1F. The van der Waals surface area contributed by atoms with Crippen LogP contribution in [0.4, 0.5) is 4.39 Å². The second-order valence-electron chi connectivity index (χ2n) is 6.21. The lowest BCUT2D eigenvalue weighted by Crippen LogP contribution is -2.28. The lowest BCUT2D eigenvalue weighted by molar-refractivity contribution is -0.127. The second kappa shape index (κ2) is 8.88. The lowest BCUT2D eigenvalue weighted by Gasteiger charge is -2.17. The van der Waals surface area contributed by atoms with Crippen molar-refractivity contribution < 1.29 is 13.9 Å². The van der Waals surface area contributed by atoms with Gasteiger partial charge < -0.3 is 9.64 Å². The van der Waals surface area contributed by atoms with Crippen LogP contribution < -0.4 is 4.74 Å². The zero-order chi connectivity index (χ0) is 20.1. The highest BCUT2D eigenvalue weighted by molar-refractivity contribution is 7.99. The van der Waals surface area contributed by atoms with E-state index in [9.17, 15) is 9.18 Å². The maximum Gasteiger partial charge on any atom is 0.233 e. The molecule has 28 heavy (non-hydrogen) atoms. The van der Waals surface area contributed by atoms with Crippen molar-refractivity contribution in [3.63, 3.8) is 0 Å². The molecule has 0 saturated heterocycles. The number of carbonyl (C=O) groups is 1. The fourth-order valence-corrected chi connectivity index (χ4v) is 3.66. The van der Waals surface area contributed by atoms with Gasteiger partial charge in [0.2, 0.25) is 5.91 Å². The summed E-state index contributed by atoms with van der Waals surface area (Å²) in [5, 5.41) is 8.96. The Labute approximate surface area is 167 Å². The Kier molecular flexibility index (Phi) is 6.30. The molecule has 146 valence electrons. The molecule has 0 saturated carbocycles. The summed E-state index contributed by atoms with van der Waals surface area (Å²) in [5.41, 5.74) is 1.64. The number of thioether (sulfide) groups is 1. The summed E-state index contributed by atoms with van der Waals surface area (Å²) in [6.07, 6.45) is 0. The Hall–Kier alpha value is -2.87. The highest BCUT2D eigenvalue weighted by Crippen LogP contribution is 2.22. The van der Waals surface area contributed by atoms with Gasteiger partial charge in [0.15, 0.2) is 16.7 Å². The number of hydrogen-bond acceptors (Lipinski definition) is 5.